The number of aryl methyl sites for hydroxylation is 1. The van der Waals surface area contributed by atoms with Gasteiger partial charge in [0.05, 0.1) is 31.0 Å². The molecule has 7 heteroatoms. The summed E-state index contributed by atoms with van der Waals surface area (Å²) in [5, 5.41) is 19.0. The van der Waals surface area contributed by atoms with Gasteiger partial charge in [-0.3, -0.25) is 0 Å². The lowest BCUT2D eigenvalue weighted by Crippen LogP contribution is -1.98. The maximum atomic E-state index is 8.99. The number of fused-ring (bicyclic) bond motifs is 1. The molecule has 0 fully saturated rings. The standard InChI is InChI=1S/C27H17N5O2/c1-4-11-32-24-13-19(26-9-7-22(33-26)14-20(16-28)30-2)6-5-18(24)12-25(32)27-10-8-23(34-27)15-21(17-29)31-3/h5-10,12-15H,4,11H2,1H3/b20-14-,21-15+. The van der Waals surface area contributed by atoms with Crippen LogP contribution in [0.15, 0.2) is 68.8 Å². The zero-order valence-electron chi connectivity index (χ0n) is 18.2. The zero-order valence-corrected chi connectivity index (χ0v) is 18.2. The largest absolute Gasteiger partial charge is 0.458 e. The number of rotatable bonds is 6. The van der Waals surface area contributed by atoms with Gasteiger partial charge in [-0.15, -0.1) is 0 Å². The molecule has 0 saturated heterocycles. The van der Waals surface area contributed by atoms with Gasteiger partial charge in [0.25, 0.3) is 11.4 Å². The van der Waals surface area contributed by atoms with Gasteiger partial charge in [0.2, 0.25) is 0 Å². The second kappa shape index (κ2) is 9.49. The molecule has 4 rings (SSSR count). The van der Waals surface area contributed by atoms with E-state index in [0.717, 1.165) is 35.1 Å². The van der Waals surface area contributed by atoms with Crippen molar-refractivity contribution < 1.29 is 8.83 Å². The summed E-state index contributed by atoms with van der Waals surface area (Å²) in [6.45, 7) is 16.9. The van der Waals surface area contributed by atoms with Crippen LogP contribution in [0.1, 0.15) is 24.9 Å². The smallest absolute Gasteiger partial charge is 0.265 e. The summed E-state index contributed by atoms with van der Waals surface area (Å²) in [4.78, 5) is 6.33. The molecule has 0 unspecified atom stereocenters. The first-order valence-corrected chi connectivity index (χ1v) is 10.4. The number of allylic oxidation sites excluding steroid dienone is 2. The fourth-order valence-electron chi connectivity index (χ4n) is 3.68. The molecule has 0 N–H and O–H groups in total. The molecule has 0 bridgehead atoms. The van der Waals surface area contributed by atoms with Gasteiger partial charge in [-0.2, -0.15) is 0 Å². The number of hydrogen-bond donors (Lipinski definition) is 0. The van der Waals surface area contributed by atoms with E-state index in [1.807, 2.05) is 48.5 Å². The monoisotopic (exact) mass is 443 g/mol. The van der Waals surface area contributed by atoms with Gasteiger partial charge in [-0.1, -0.05) is 19.1 Å². The average Bonchev–Trinajstić information content (AvgIpc) is 3.60. The molecule has 0 aliphatic carbocycles. The predicted octanol–water partition coefficient (Wildman–Crippen LogP) is 7.14. The van der Waals surface area contributed by atoms with E-state index >= 15 is 0 Å². The number of aromatic nitrogens is 1. The van der Waals surface area contributed by atoms with Gasteiger partial charge in [0, 0.05) is 23.0 Å². The Morgan fingerprint density at radius 3 is 2.12 bits per heavy atom. The quantitative estimate of drug-likeness (QED) is 0.234. The Labute approximate surface area is 196 Å². The van der Waals surface area contributed by atoms with Crippen molar-refractivity contribution in [2.45, 2.75) is 19.9 Å². The van der Waals surface area contributed by atoms with Crippen LogP contribution < -0.4 is 0 Å². The summed E-state index contributed by atoms with van der Waals surface area (Å²) in [6.07, 6.45) is 3.76. The minimum absolute atomic E-state index is 0.0365. The summed E-state index contributed by atoms with van der Waals surface area (Å²) in [5.74, 6) is 2.17. The summed E-state index contributed by atoms with van der Waals surface area (Å²) < 4.78 is 13.9. The van der Waals surface area contributed by atoms with Crippen molar-refractivity contribution in [2.24, 2.45) is 0 Å². The van der Waals surface area contributed by atoms with Crippen molar-refractivity contribution in [3.8, 4) is 34.9 Å². The Morgan fingerprint density at radius 2 is 1.53 bits per heavy atom. The molecular weight excluding hydrogens is 426 g/mol. The van der Waals surface area contributed by atoms with Gasteiger partial charge in [-0.05, 0) is 55.0 Å². The van der Waals surface area contributed by atoms with Crippen molar-refractivity contribution in [3.63, 3.8) is 0 Å². The first-order valence-electron chi connectivity index (χ1n) is 10.4. The number of furan rings is 2. The highest BCUT2D eigenvalue weighted by atomic mass is 16.3. The van der Waals surface area contributed by atoms with Crippen molar-refractivity contribution in [1.29, 1.82) is 10.5 Å². The van der Waals surface area contributed by atoms with E-state index < -0.39 is 0 Å². The lowest BCUT2D eigenvalue weighted by atomic mass is 10.1. The molecule has 34 heavy (non-hydrogen) atoms. The summed E-state index contributed by atoms with van der Waals surface area (Å²) in [6, 6.07) is 18.9. The minimum Gasteiger partial charge on any atom is -0.458 e. The van der Waals surface area contributed by atoms with E-state index in [1.54, 1.807) is 12.1 Å². The van der Waals surface area contributed by atoms with Crippen LogP contribution in [-0.2, 0) is 6.54 Å². The third-order valence-electron chi connectivity index (χ3n) is 5.17. The predicted molar refractivity (Wildman–Crippen MR) is 128 cm³/mol. The molecule has 0 aliphatic rings. The molecular formula is C27H17N5O2. The Morgan fingerprint density at radius 1 is 0.912 bits per heavy atom. The minimum atomic E-state index is -0.0382. The van der Waals surface area contributed by atoms with Crippen LogP contribution in [0.4, 0.5) is 0 Å². The highest BCUT2D eigenvalue weighted by molar-refractivity contribution is 5.89. The van der Waals surface area contributed by atoms with Crippen LogP contribution in [-0.4, -0.2) is 4.57 Å². The van der Waals surface area contributed by atoms with Gasteiger partial charge >= 0.3 is 0 Å². The maximum absolute atomic E-state index is 8.99. The molecule has 0 aliphatic heterocycles. The van der Waals surface area contributed by atoms with Crippen molar-refractivity contribution >= 4 is 23.1 Å². The van der Waals surface area contributed by atoms with Crippen LogP contribution in [0, 0.1) is 35.8 Å². The van der Waals surface area contributed by atoms with E-state index in [0.29, 0.717) is 23.0 Å². The fourth-order valence-corrected chi connectivity index (χ4v) is 3.68. The van der Waals surface area contributed by atoms with Gasteiger partial charge < -0.3 is 13.4 Å². The van der Waals surface area contributed by atoms with E-state index in [4.69, 9.17) is 32.5 Å². The highest BCUT2D eigenvalue weighted by Crippen LogP contribution is 2.34. The second-order valence-electron chi connectivity index (χ2n) is 7.37. The molecule has 4 aromatic rings. The third-order valence-corrected chi connectivity index (χ3v) is 5.17. The summed E-state index contributed by atoms with van der Waals surface area (Å²) >= 11 is 0. The lowest BCUT2D eigenvalue weighted by Gasteiger charge is -2.08. The highest BCUT2D eigenvalue weighted by Gasteiger charge is 2.15. The van der Waals surface area contributed by atoms with Crippen molar-refractivity contribution in [1.82, 2.24) is 4.57 Å². The Hall–Kier alpha value is -5.24. The number of hydrogen-bond acceptors (Lipinski definition) is 4. The molecule has 0 atom stereocenters. The van der Waals surface area contributed by atoms with E-state index in [-0.39, 0.29) is 11.4 Å². The SMILES string of the molecule is [C-]#[N+]/C(C#N)=C\c1ccc(-c2ccc3cc(-c4ccc(/C=C(\C#N)[N+]#[C-])o4)n(CCC)c3c2)o1. The lowest BCUT2D eigenvalue weighted by molar-refractivity contribution is 0.562. The van der Waals surface area contributed by atoms with Gasteiger partial charge in [0.15, 0.2) is 5.76 Å². The second-order valence-corrected chi connectivity index (χ2v) is 7.37. The molecule has 0 amide bonds. The fraction of sp³-hybridized carbons (Fsp3) is 0.111. The molecule has 3 aromatic heterocycles. The number of nitrogens with zero attached hydrogens (tertiary/aromatic N) is 5. The first-order chi connectivity index (χ1) is 16.6. The van der Waals surface area contributed by atoms with E-state index in [2.05, 4.69) is 21.2 Å². The topological polar surface area (TPSA) is 87.5 Å². The molecule has 3 heterocycles. The van der Waals surface area contributed by atoms with Crippen molar-refractivity contribution in [2.75, 3.05) is 0 Å². The molecule has 162 valence electrons. The first kappa shape index (κ1) is 22.0. The zero-order chi connectivity index (χ0) is 24.1. The molecule has 7 nitrogen and oxygen atoms in total. The Bertz CT molecular complexity index is 1580. The van der Waals surface area contributed by atoms with Crippen LogP contribution in [0.5, 0.6) is 0 Å². The van der Waals surface area contributed by atoms with E-state index in [1.165, 1.54) is 12.2 Å². The van der Waals surface area contributed by atoms with Crippen LogP contribution in [0.25, 0.3) is 55.5 Å². The van der Waals surface area contributed by atoms with Gasteiger partial charge in [-0.25, -0.2) is 20.2 Å². The maximum Gasteiger partial charge on any atom is 0.265 e. The van der Waals surface area contributed by atoms with E-state index in [9.17, 15) is 0 Å². The molecule has 0 saturated carbocycles. The molecule has 1 aromatic carbocycles. The number of nitriles is 2. The molecule has 0 spiro atoms. The summed E-state index contributed by atoms with van der Waals surface area (Å²) in [5.41, 5.74) is 2.70. The third kappa shape index (κ3) is 4.23. The van der Waals surface area contributed by atoms with Crippen LogP contribution in [0.2, 0.25) is 0 Å². The molecule has 0 radical (unpaired) electrons. The van der Waals surface area contributed by atoms with Crippen molar-refractivity contribution in [3.05, 3.63) is 94.3 Å². The number of benzene rings is 1. The van der Waals surface area contributed by atoms with Crippen LogP contribution in [0.3, 0.4) is 0 Å². The Balaban J connectivity index is 1.76. The Kier molecular flexibility index (Phi) is 6.13. The normalized spacial score (nSPS) is 11.6. The summed E-state index contributed by atoms with van der Waals surface area (Å²) in [7, 11) is 0. The van der Waals surface area contributed by atoms with Crippen LogP contribution >= 0.6 is 0 Å². The average molecular weight is 443 g/mol. The van der Waals surface area contributed by atoms with Gasteiger partial charge in [0.1, 0.15) is 17.3 Å².